The van der Waals surface area contributed by atoms with Crippen LogP contribution in [0.25, 0.3) is 0 Å². The van der Waals surface area contributed by atoms with E-state index in [-0.39, 0.29) is 6.10 Å². The molecule has 1 aliphatic rings. The third kappa shape index (κ3) is 6.73. The van der Waals surface area contributed by atoms with Crippen molar-refractivity contribution in [2.24, 2.45) is 0 Å². The van der Waals surface area contributed by atoms with Crippen LogP contribution in [0.1, 0.15) is 13.8 Å². The van der Waals surface area contributed by atoms with E-state index in [0.29, 0.717) is 0 Å². The Bertz CT molecular complexity index is 162. The van der Waals surface area contributed by atoms with Gasteiger partial charge in [-0.3, -0.25) is 0 Å². The molecule has 1 rings (SSSR count). The molecule has 0 aromatic rings. The van der Waals surface area contributed by atoms with E-state index in [2.05, 4.69) is 4.74 Å². The number of aliphatic hydroxyl groups is 1. The van der Waals surface area contributed by atoms with Crippen LogP contribution in [0.5, 0.6) is 0 Å². The summed E-state index contributed by atoms with van der Waals surface area (Å²) in [4.78, 5) is 19.8. The minimum atomic E-state index is -0.579. The maximum absolute atomic E-state index is 9.92. The summed E-state index contributed by atoms with van der Waals surface area (Å²) in [7, 11) is 0. The number of esters is 2. The zero-order valence-electron chi connectivity index (χ0n) is 6.40. The Morgan fingerprint density at radius 3 is 1.64 bits per heavy atom. The summed E-state index contributed by atoms with van der Waals surface area (Å²) in [6.45, 7) is 3.44. The first-order valence-electron chi connectivity index (χ1n) is 3.14. The summed E-state index contributed by atoms with van der Waals surface area (Å²) < 4.78 is 3.97. The third-order valence-electron chi connectivity index (χ3n) is 0.557. The number of rotatable bonds is 0. The molecular formula is C7H10O4. The number of hydrogen-bond donors (Lipinski definition) is 1. The van der Waals surface area contributed by atoms with Crippen LogP contribution < -0.4 is 0 Å². The molecule has 0 saturated heterocycles. The van der Waals surface area contributed by atoms with Gasteiger partial charge in [-0.1, -0.05) is 0 Å². The normalized spacial score (nSPS) is 14.5. The second-order valence-corrected chi connectivity index (χ2v) is 2.17. The zero-order chi connectivity index (χ0) is 8.85. The first-order chi connectivity index (χ1) is 5.02. The molecule has 0 radical (unpaired) electrons. The van der Waals surface area contributed by atoms with Gasteiger partial charge in [-0.2, -0.15) is 0 Å². The lowest BCUT2D eigenvalue weighted by Crippen LogP contribution is -1.96. The smallest absolute Gasteiger partial charge is 0.338 e. The molecule has 0 aromatic heterocycles. The van der Waals surface area contributed by atoms with Gasteiger partial charge in [0.2, 0.25) is 0 Å². The van der Waals surface area contributed by atoms with Crippen molar-refractivity contribution in [3.63, 3.8) is 0 Å². The van der Waals surface area contributed by atoms with Gasteiger partial charge < -0.3 is 9.84 Å². The van der Waals surface area contributed by atoms with E-state index in [1.54, 1.807) is 13.8 Å². The molecule has 1 aliphatic heterocycles. The lowest BCUT2D eigenvalue weighted by atomic mass is 10.5. The average Bonchev–Trinajstić information content (AvgIpc) is 2.13. The predicted molar refractivity (Wildman–Crippen MR) is 37.6 cm³/mol. The summed E-state index contributed by atoms with van der Waals surface area (Å²) in [6, 6.07) is 0. The fourth-order valence-electron chi connectivity index (χ4n) is 0.303. The number of carbonyl (C=O) groups excluding carboxylic acids is 2. The number of ether oxygens (including phenoxy) is 1. The summed E-state index contributed by atoms with van der Waals surface area (Å²) in [5.41, 5.74) is 0. The molecule has 0 atom stereocenters. The molecule has 4 heteroatoms. The van der Waals surface area contributed by atoms with Crippen molar-refractivity contribution in [3.05, 3.63) is 12.2 Å². The Kier molecular flexibility index (Phi) is 4.14. The predicted octanol–water partition coefficient (Wildman–Crippen LogP) is 0.0131. The maximum atomic E-state index is 9.92. The van der Waals surface area contributed by atoms with E-state index in [0.717, 1.165) is 12.2 Å². The maximum Gasteiger partial charge on any atom is 0.338 e. The van der Waals surface area contributed by atoms with Crippen molar-refractivity contribution in [1.82, 2.24) is 0 Å². The Morgan fingerprint density at radius 1 is 1.27 bits per heavy atom. The number of carbonyl (C=O) groups is 2. The van der Waals surface area contributed by atoms with Gasteiger partial charge in [0, 0.05) is 18.3 Å². The van der Waals surface area contributed by atoms with Gasteiger partial charge in [-0.25, -0.2) is 9.59 Å². The fraction of sp³-hybridized carbons (Fsp3) is 0.429. The van der Waals surface area contributed by atoms with Gasteiger partial charge in [0.15, 0.2) is 0 Å². The molecular weight excluding hydrogens is 148 g/mol. The van der Waals surface area contributed by atoms with Gasteiger partial charge in [0.25, 0.3) is 0 Å². The average molecular weight is 158 g/mol. The second-order valence-electron chi connectivity index (χ2n) is 2.17. The van der Waals surface area contributed by atoms with E-state index in [1.807, 2.05) is 0 Å². The minimum absolute atomic E-state index is 0.167. The molecule has 62 valence electrons. The minimum Gasteiger partial charge on any atom is -0.394 e. The van der Waals surface area contributed by atoms with Crippen molar-refractivity contribution >= 4 is 11.9 Å². The van der Waals surface area contributed by atoms with E-state index in [9.17, 15) is 9.59 Å². The quantitative estimate of drug-likeness (QED) is 0.398. The van der Waals surface area contributed by atoms with Crippen LogP contribution in [0, 0.1) is 0 Å². The van der Waals surface area contributed by atoms with E-state index >= 15 is 0 Å². The van der Waals surface area contributed by atoms with Gasteiger partial charge >= 0.3 is 11.9 Å². The molecule has 1 N–H and O–H groups in total. The van der Waals surface area contributed by atoms with E-state index in [1.165, 1.54) is 0 Å². The third-order valence-corrected chi connectivity index (χ3v) is 0.557. The first kappa shape index (κ1) is 9.84. The van der Waals surface area contributed by atoms with E-state index < -0.39 is 11.9 Å². The summed E-state index contributed by atoms with van der Waals surface area (Å²) in [5.74, 6) is -1.16. The Morgan fingerprint density at radius 2 is 1.55 bits per heavy atom. The molecule has 0 fully saturated rings. The van der Waals surface area contributed by atoms with Crippen LogP contribution in [-0.2, 0) is 14.3 Å². The molecule has 11 heavy (non-hydrogen) atoms. The zero-order valence-corrected chi connectivity index (χ0v) is 6.40. The van der Waals surface area contributed by atoms with Crippen molar-refractivity contribution in [2.45, 2.75) is 20.0 Å². The molecule has 0 aromatic carbocycles. The fourth-order valence-corrected chi connectivity index (χ4v) is 0.303. The molecule has 4 nitrogen and oxygen atoms in total. The van der Waals surface area contributed by atoms with Crippen molar-refractivity contribution in [3.8, 4) is 0 Å². The molecule has 0 unspecified atom stereocenters. The highest BCUT2D eigenvalue weighted by Gasteiger charge is 2.10. The van der Waals surface area contributed by atoms with Gasteiger partial charge in [0.1, 0.15) is 0 Å². The highest BCUT2D eigenvalue weighted by molar-refractivity contribution is 6.04. The molecule has 0 saturated carbocycles. The van der Waals surface area contributed by atoms with Crippen LogP contribution in [0.3, 0.4) is 0 Å². The summed E-state index contributed by atoms with van der Waals surface area (Å²) in [5, 5.41) is 8.06. The van der Waals surface area contributed by atoms with Gasteiger partial charge in [-0.15, -0.1) is 0 Å². The van der Waals surface area contributed by atoms with Crippen LogP contribution in [0.2, 0.25) is 0 Å². The molecule has 0 spiro atoms. The molecule has 0 amide bonds. The topological polar surface area (TPSA) is 63.6 Å². The van der Waals surface area contributed by atoms with Gasteiger partial charge in [-0.05, 0) is 13.8 Å². The molecule has 0 bridgehead atoms. The Balaban J connectivity index is 0.000000218. The second kappa shape index (κ2) is 4.62. The summed E-state index contributed by atoms with van der Waals surface area (Å²) >= 11 is 0. The monoisotopic (exact) mass is 158 g/mol. The van der Waals surface area contributed by atoms with Crippen LogP contribution in [0.4, 0.5) is 0 Å². The highest BCUT2D eigenvalue weighted by atomic mass is 16.6. The van der Waals surface area contributed by atoms with Gasteiger partial charge in [0.05, 0.1) is 0 Å². The van der Waals surface area contributed by atoms with Crippen LogP contribution >= 0.6 is 0 Å². The number of cyclic esters (lactones) is 2. The number of aliphatic hydroxyl groups excluding tert-OH is 1. The van der Waals surface area contributed by atoms with Crippen LogP contribution in [0.15, 0.2) is 12.2 Å². The first-order valence-corrected chi connectivity index (χ1v) is 3.14. The Labute approximate surface area is 64.5 Å². The lowest BCUT2D eigenvalue weighted by Gasteiger charge is -1.80. The standard InChI is InChI=1S/C4H2O3.C3H8O/c5-3-1-2-4(6)7-3;1-3(2)4/h1-2H;3-4H,1-2H3. The number of hydrogen-bond acceptors (Lipinski definition) is 4. The molecule has 1 heterocycles. The van der Waals surface area contributed by atoms with E-state index in [4.69, 9.17) is 5.11 Å². The Hall–Kier alpha value is -1.16. The van der Waals surface area contributed by atoms with Crippen molar-refractivity contribution in [2.75, 3.05) is 0 Å². The van der Waals surface area contributed by atoms with Crippen molar-refractivity contribution < 1.29 is 19.4 Å². The van der Waals surface area contributed by atoms with Crippen LogP contribution in [-0.4, -0.2) is 23.1 Å². The summed E-state index contributed by atoms with van der Waals surface area (Å²) in [6.07, 6.45) is 2.00. The lowest BCUT2D eigenvalue weighted by molar-refractivity contribution is -0.150. The molecule has 0 aliphatic carbocycles. The van der Waals surface area contributed by atoms with Crippen molar-refractivity contribution in [1.29, 1.82) is 0 Å². The largest absolute Gasteiger partial charge is 0.394 e. The highest BCUT2D eigenvalue weighted by Crippen LogP contribution is 1.92. The SMILES string of the molecule is CC(C)O.O=C1C=CC(=O)O1.